The molecule has 1 amide bonds. The fraction of sp³-hybridized carbons (Fsp3) is 0.263. The van der Waals surface area contributed by atoms with Gasteiger partial charge in [-0.3, -0.25) is 4.79 Å². The molecular weight excluding hydrogens is 359 g/mol. The van der Waals surface area contributed by atoms with Crippen LogP contribution in [-0.4, -0.2) is 18.7 Å². The van der Waals surface area contributed by atoms with Crippen LogP contribution in [0.2, 0.25) is 10.0 Å². The van der Waals surface area contributed by atoms with Crippen molar-refractivity contribution >= 4 is 35.3 Å². The van der Waals surface area contributed by atoms with Crippen LogP contribution in [0.15, 0.2) is 41.5 Å². The zero-order valence-corrected chi connectivity index (χ0v) is 15.9. The van der Waals surface area contributed by atoms with Gasteiger partial charge in [-0.15, -0.1) is 0 Å². The van der Waals surface area contributed by atoms with Crippen molar-refractivity contribution in [2.45, 2.75) is 26.7 Å². The second-order valence-electron chi connectivity index (χ2n) is 5.91. The first-order valence-corrected chi connectivity index (χ1v) is 8.63. The summed E-state index contributed by atoms with van der Waals surface area (Å²) >= 11 is 12.1. The number of halogens is 2. The third kappa shape index (κ3) is 5.48. The van der Waals surface area contributed by atoms with Crippen LogP contribution in [0.4, 0.5) is 0 Å². The number of hydrogen-bond donors (Lipinski definition) is 1. The van der Waals surface area contributed by atoms with Crippen molar-refractivity contribution in [2.24, 2.45) is 5.10 Å². The SMILES string of the molecule is Cc1ccc(C(C)C)c(OCC(=O)N/N=C/c2c(Cl)cccc2Cl)c1. The number of benzene rings is 2. The summed E-state index contributed by atoms with van der Waals surface area (Å²) in [5, 5.41) is 4.80. The van der Waals surface area contributed by atoms with Crippen molar-refractivity contribution in [3.05, 3.63) is 63.1 Å². The lowest BCUT2D eigenvalue weighted by molar-refractivity contribution is -0.123. The van der Waals surface area contributed by atoms with Crippen LogP contribution in [0, 0.1) is 6.92 Å². The van der Waals surface area contributed by atoms with Gasteiger partial charge in [-0.1, -0.05) is 55.2 Å². The van der Waals surface area contributed by atoms with E-state index in [-0.39, 0.29) is 12.5 Å². The molecule has 0 aliphatic heterocycles. The summed E-state index contributed by atoms with van der Waals surface area (Å²) in [4.78, 5) is 11.9. The largest absolute Gasteiger partial charge is 0.483 e. The highest BCUT2D eigenvalue weighted by atomic mass is 35.5. The van der Waals surface area contributed by atoms with Gasteiger partial charge in [-0.05, 0) is 42.2 Å². The summed E-state index contributed by atoms with van der Waals surface area (Å²) in [5.74, 6) is 0.651. The highest BCUT2D eigenvalue weighted by Crippen LogP contribution is 2.27. The number of hydrazone groups is 1. The van der Waals surface area contributed by atoms with Gasteiger partial charge in [-0.2, -0.15) is 5.10 Å². The number of nitrogens with one attached hydrogen (secondary N) is 1. The van der Waals surface area contributed by atoms with Gasteiger partial charge >= 0.3 is 0 Å². The number of hydrogen-bond acceptors (Lipinski definition) is 3. The Hall–Kier alpha value is -2.04. The number of carbonyl (C=O) groups is 1. The molecule has 0 bridgehead atoms. The van der Waals surface area contributed by atoms with E-state index < -0.39 is 0 Å². The minimum Gasteiger partial charge on any atom is -0.483 e. The molecule has 0 aliphatic carbocycles. The first-order valence-electron chi connectivity index (χ1n) is 7.87. The van der Waals surface area contributed by atoms with E-state index in [1.165, 1.54) is 6.21 Å². The zero-order valence-electron chi connectivity index (χ0n) is 14.3. The summed E-state index contributed by atoms with van der Waals surface area (Å²) in [6.45, 7) is 6.01. The average Bonchev–Trinajstić information content (AvgIpc) is 2.55. The van der Waals surface area contributed by atoms with Crippen molar-refractivity contribution < 1.29 is 9.53 Å². The zero-order chi connectivity index (χ0) is 18.4. The van der Waals surface area contributed by atoms with Gasteiger partial charge in [-0.25, -0.2) is 5.43 Å². The molecule has 2 aromatic rings. The van der Waals surface area contributed by atoms with Gasteiger partial charge in [0, 0.05) is 5.56 Å². The van der Waals surface area contributed by atoms with Crippen molar-refractivity contribution in [1.82, 2.24) is 5.43 Å². The van der Waals surface area contributed by atoms with E-state index in [9.17, 15) is 4.79 Å². The Morgan fingerprint density at radius 2 is 1.92 bits per heavy atom. The molecule has 0 spiro atoms. The molecule has 0 aliphatic rings. The topological polar surface area (TPSA) is 50.7 Å². The maximum absolute atomic E-state index is 11.9. The lowest BCUT2D eigenvalue weighted by atomic mass is 10.0. The second kappa shape index (κ2) is 8.88. The quantitative estimate of drug-likeness (QED) is 0.570. The molecule has 0 saturated heterocycles. The number of ether oxygens (including phenoxy) is 1. The van der Waals surface area contributed by atoms with E-state index in [0.717, 1.165) is 11.1 Å². The van der Waals surface area contributed by atoms with Gasteiger partial charge < -0.3 is 4.74 Å². The number of nitrogens with zero attached hydrogens (tertiary/aromatic N) is 1. The Morgan fingerprint density at radius 3 is 2.56 bits per heavy atom. The Labute approximate surface area is 157 Å². The number of amides is 1. The third-order valence-electron chi connectivity index (χ3n) is 3.53. The predicted molar refractivity (Wildman–Crippen MR) is 103 cm³/mol. The summed E-state index contributed by atoms with van der Waals surface area (Å²) in [7, 11) is 0. The molecule has 0 unspecified atom stereocenters. The molecular formula is C19H20Cl2N2O2. The number of aryl methyl sites for hydroxylation is 1. The van der Waals surface area contributed by atoms with Crippen LogP contribution < -0.4 is 10.2 Å². The minimum atomic E-state index is -0.365. The van der Waals surface area contributed by atoms with Crippen LogP contribution in [-0.2, 0) is 4.79 Å². The summed E-state index contributed by atoms with van der Waals surface area (Å²) in [6.07, 6.45) is 1.41. The lowest BCUT2D eigenvalue weighted by Crippen LogP contribution is -2.25. The van der Waals surface area contributed by atoms with Crippen LogP contribution in [0.3, 0.4) is 0 Å². The fourth-order valence-corrected chi connectivity index (χ4v) is 2.72. The maximum atomic E-state index is 11.9. The summed E-state index contributed by atoms with van der Waals surface area (Å²) in [5.41, 5.74) is 5.09. The fourth-order valence-electron chi connectivity index (χ4n) is 2.22. The standard InChI is InChI=1S/C19H20Cl2N2O2/c1-12(2)14-8-7-13(3)9-18(14)25-11-19(24)23-22-10-15-16(20)5-4-6-17(15)21/h4-10,12H,11H2,1-3H3,(H,23,24)/b22-10+. The average molecular weight is 379 g/mol. The first kappa shape index (κ1) is 19.3. The molecule has 1 N–H and O–H groups in total. The predicted octanol–water partition coefficient (Wildman–Crippen LogP) is 4.95. The highest BCUT2D eigenvalue weighted by molar-refractivity contribution is 6.38. The van der Waals surface area contributed by atoms with Crippen molar-refractivity contribution in [1.29, 1.82) is 0 Å². The van der Waals surface area contributed by atoms with E-state index in [0.29, 0.717) is 27.3 Å². The van der Waals surface area contributed by atoms with Gasteiger partial charge in [0.05, 0.1) is 16.3 Å². The van der Waals surface area contributed by atoms with Gasteiger partial charge in [0.2, 0.25) is 0 Å². The molecule has 2 rings (SSSR count). The van der Waals surface area contributed by atoms with Gasteiger partial charge in [0.1, 0.15) is 5.75 Å². The maximum Gasteiger partial charge on any atom is 0.277 e. The normalized spacial score (nSPS) is 11.1. The molecule has 0 radical (unpaired) electrons. The molecule has 25 heavy (non-hydrogen) atoms. The molecule has 0 aromatic heterocycles. The molecule has 4 nitrogen and oxygen atoms in total. The van der Waals surface area contributed by atoms with Gasteiger partial charge in [0.25, 0.3) is 5.91 Å². The molecule has 2 aromatic carbocycles. The Kier molecular flexibility index (Phi) is 6.85. The highest BCUT2D eigenvalue weighted by Gasteiger charge is 2.10. The van der Waals surface area contributed by atoms with Gasteiger partial charge in [0.15, 0.2) is 6.61 Å². The van der Waals surface area contributed by atoms with Crippen molar-refractivity contribution in [2.75, 3.05) is 6.61 Å². The second-order valence-corrected chi connectivity index (χ2v) is 6.73. The van der Waals surface area contributed by atoms with E-state index in [1.54, 1.807) is 18.2 Å². The minimum absolute atomic E-state index is 0.128. The molecule has 0 fully saturated rings. The van der Waals surface area contributed by atoms with E-state index in [4.69, 9.17) is 27.9 Å². The lowest BCUT2D eigenvalue weighted by Gasteiger charge is -2.14. The van der Waals surface area contributed by atoms with E-state index in [1.807, 2.05) is 25.1 Å². The van der Waals surface area contributed by atoms with Crippen molar-refractivity contribution in [3.8, 4) is 5.75 Å². The molecule has 6 heteroatoms. The monoisotopic (exact) mass is 378 g/mol. The molecule has 0 atom stereocenters. The van der Waals surface area contributed by atoms with Crippen LogP contribution in [0.1, 0.15) is 36.5 Å². The van der Waals surface area contributed by atoms with Crippen LogP contribution >= 0.6 is 23.2 Å². The van der Waals surface area contributed by atoms with E-state index >= 15 is 0 Å². The molecule has 0 saturated carbocycles. The molecule has 0 heterocycles. The molecule has 132 valence electrons. The van der Waals surface area contributed by atoms with Crippen LogP contribution in [0.25, 0.3) is 0 Å². The first-order chi connectivity index (χ1) is 11.9. The number of carbonyl (C=O) groups excluding carboxylic acids is 1. The Balaban J connectivity index is 1.96. The smallest absolute Gasteiger partial charge is 0.277 e. The van der Waals surface area contributed by atoms with E-state index in [2.05, 4.69) is 24.4 Å². The number of rotatable bonds is 6. The van der Waals surface area contributed by atoms with Crippen LogP contribution in [0.5, 0.6) is 5.75 Å². The Bertz CT molecular complexity index is 769. The third-order valence-corrected chi connectivity index (χ3v) is 4.19. The van der Waals surface area contributed by atoms with Crippen molar-refractivity contribution in [3.63, 3.8) is 0 Å². The summed E-state index contributed by atoms with van der Waals surface area (Å²) < 4.78 is 5.65. The Morgan fingerprint density at radius 1 is 1.24 bits per heavy atom. The summed E-state index contributed by atoms with van der Waals surface area (Å²) in [6, 6.07) is 11.1.